The molecule has 23 heavy (non-hydrogen) atoms. The van der Waals surface area contributed by atoms with Crippen molar-refractivity contribution in [3.05, 3.63) is 35.9 Å². The van der Waals surface area contributed by atoms with Crippen LogP contribution in [0.3, 0.4) is 0 Å². The zero-order valence-electron chi connectivity index (χ0n) is 13.8. The van der Waals surface area contributed by atoms with Gasteiger partial charge < -0.3 is 14.2 Å². The summed E-state index contributed by atoms with van der Waals surface area (Å²) >= 11 is 0. The molecule has 6 heteroatoms. The predicted octanol–water partition coefficient (Wildman–Crippen LogP) is 2.39. The van der Waals surface area contributed by atoms with Crippen molar-refractivity contribution in [1.29, 1.82) is 0 Å². The molecule has 126 valence electrons. The van der Waals surface area contributed by atoms with Gasteiger partial charge in [0.15, 0.2) is 0 Å². The van der Waals surface area contributed by atoms with Crippen molar-refractivity contribution in [1.82, 2.24) is 0 Å². The average Bonchev–Trinajstić information content (AvgIpc) is 2.43. The summed E-state index contributed by atoms with van der Waals surface area (Å²) in [6.07, 6.45) is -1.70. The Morgan fingerprint density at radius 2 is 1.70 bits per heavy atom. The van der Waals surface area contributed by atoms with E-state index in [-0.39, 0.29) is 13.0 Å². The largest absolute Gasteiger partial charge is 0.461 e. The van der Waals surface area contributed by atoms with Crippen LogP contribution in [0.25, 0.3) is 0 Å². The van der Waals surface area contributed by atoms with Gasteiger partial charge in [-0.3, -0.25) is 9.59 Å². The zero-order valence-corrected chi connectivity index (χ0v) is 13.8. The maximum Gasteiger partial charge on any atom is 0.348 e. The summed E-state index contributed by atoms with van der Waals surface area (Å²) in [5.41, 5.74) is 0.0748. The van der Waals surface area contributed by atoms with E-state index in [0.717, 1.165) is 12.5 Å². The molecular weight excluding hydrogens is 300 g/mol. The van der Waals surface area contributed by atoms with E-state index in [1.807, 2.05) is 30.3 Å². The lowest BCUT2D eigenvalue weighted by Gasteiger charge is -2.23. The molecule has 0 aliphatic rings. The Morgan fingerprint density at radius 3 is 2.22 bits per heavy atom. The lowest BCUT2D eigenvalue weighted by molar-refractivity contribution is -0.178. The fourth-order valence-corrected chi connectivity index (χ4v) is 1.69. The van der Waals surface area contributed by atoms with Gasteiger partial charge in [0, 0.05) is 6.92 Å². The summed E-state index contributed by atoms with van der Waals surface area (Å²) in [5, 5.41) is 0. The van der Waals surface area contributed by atoms with Gasteiger partial charge >= 0.3 is 17.9 Å². The lowest BCUT2D eigenvalue weighted by atomic mass is 10.2. The maximum atomic E-state index is 12.0. The van der Waals surface area contributed by atoms with Gasteiger partial charge in [-0.05, 0) is 26.3 Å². The van der Waals surface area contributed by atoms with Crippen LogP contribution in [0, 0.1) is 0 Å². The molecule has 0 bridgehead atoms. The summed E-state index contributed by atoms with van der Waals surface area (Å²) in [5.74, 6) is -2.09. The predicted molar refractivity (Wildman–Crippen MR) is 82.3 cm³/mol. The first-order valence-corrected chi connectivity index (χ1v) is 7.27. The molecular formula is C17H22O6. The first-order chi connectivity index (χ1) is 10.7. The van der Waals surface area contributed by atoms with Crippen molar-refractivity contribution in [2.75, 3.05) is 0 Å². The molecule has 0 radical (unpaired) electrons. The van der Waals surface area contributed by atoms with E-state index in [1.165, 1.54) is 0 Å². The monoisotopic (exact) mass is 322 g/mol. The molecule has 1 aromatic carbocycles. The quantitative estimate of drug-likeness (QED) is 0.591. The highest BCUT2D eigenvalue weighted by molar-refractivity contribution is 5.84. The molecule has 0 spiro atoms. The minimum absolute atomic E-state index is 0.0841. The summed E-state index contributed by atoms with van der Waals surface area (Å²) in [7, 11) is 0. The molecule has 0 saturated heterocycles. The Balaban J connectivity index is 2.60. The molecule has 0 saturated carbocycles. The molecule has 0 N–H and O–H groups in total. The average molecular weight is 322 g/mol. The van der Waals surface area contributed by atoms with Gasteiger partial charge in [0.2, 0.25) is 6.10 Å². The van der Waals surface area contributed by atoms with Gasteiger partial charge in [-0.2, -0.15) is 0 Å². The Kier molecular flexibility index (Phi) is 6.75. The van der Waals surface area contributed by atoms with Gasteiger partial charge in [-0.25, -0.2) is 4.79 Å². The second-order valence-electron chi connectivity index (χ2n) is 5.98. The van der Waals surface area contributed by atoms with Crippen molar-refractivity contribution in [3.63, 3.8) is 0 Å². The van der Waals surface area contributed by atoms with Crippen molar-refractivity contribution in [2.24, 2.45) is 0 Å². The topological polar surface area (TPSA) is 78.9 Å². The van der Waals surface area contributed by atoms with E-state index < -0.39 is 29.6 Å². The Morgan fingerprint density at radius 1 is 1.09 bits per heavy atom. The number of carbonyl (C=O) groups excluding carboxylic acids is 3. The van der Waals surface area contributed by atoms with Crippen LogP contribution in [0.1, 0.15) is 39.7 Å². The molecule has 0 fully saturated rings. The summed E-state index contributed by atoms with van der Waals surface area (Å²) in [6.45, 7) is 6.30. The highest BCUT2D eigenvalue weighted by atomic mass is 16.6. The lowest BCUT2D eigenvalue weighted by Crippen LogP contribution is -2.36. The molecule has 1 unspecified atom stereocenters. The number of carbonyl (C=O) groups is 3. The molecule has 1 atom stereocenters. The normalized spacial score (nSPS) is 12.2. The summed E-state index contributed by atoms with van der Waals surface area (Å²) < 4.78 is 15.1. The molecule has 0 aliphatic heterocycles. The maximum absolute atomic E-state index is 12.0. The van der Waals surface area contributed by atoms with Crippen molar-refractivity contribution in [3.8, 4) is 0 Å². The molecule has 6 nitrogen and oxygen atoms in total. The first-order valence-electron chi connectivity index (χ1n) is 7.27. The van der Waals surface area contributed by atoms with Crippen LogP contribution in [0.4, 0.5) is 0 Å². The van der Waals surface area contributed by atoms with Gasteiger partial charge in [-0.1, -0.05) is 30.3 Å². The smallest absolute Gasteiger partial charge is 0.348 e. The van der Waals surface area contributed by atoms with E-state index in [4.69, 9.17) is 14.2 Å². The minimum atomic E-state index is -1.31. The van der Waals surface area contributed by atoms with Crippen LogP contribution in [0.2, 0.25) is 0 Å². The van der Waals surface area contributed by atoms with Crippen molar-refractivity contribution >= 4 is 17.9 Å². The number of rotatable bonds is 6. The standard InChI is InChI=1S/C17H22O6/c1-12(18)22-14(16(20)23-17(2,3)4)10-15(19)21-11-13-8-6-5-7-9-13/h5-9,14H,10-11H2,1-4H3. The Hall–Kier alpha value is -2.37. The molecule has 0 aromatic heterocycles. The number of hydrogen-bond donors (Lipinski definition) is 0. The number of hydrogen-bond acceptors (Lipinski definition) is 6. The number of ether oxygens (including phenoxy) is 3. The van der Waals surface area contributed by atoms with Crippen molar-refractivity contribution in [2.45, 2.75) is 52.4 Å². The SMILES string of the molecule is CC(=O)OC(CC(=O)OCc1ccccc1)C(=O)OC(C)(C)C. The third-order valence-corrected chi connectivity index (χ3v) is 2.57. The van der Waals surface area contributed by atoms with Gasteiger partial charge in [0.1, 0.15) is 12.2 Å². The molecule has 1 rings (SSSR count). The zero-order chi connectivity index (χ0) is 17.5. The number of esters is 3. The van der Waals surface area contributed by atoms with Gasteiger partial charge in [-0.15, -0.1) is 0 Å². The van der Waals surface area contributed by atoms with Gasteiger partial charge in [0.05, 0.1) is 6.42 Å². The van der Waals surface area contributed by atoms with E-state index in [0.29, 0.717) is 0 Å². The molecule has 1 aromatic rings. The second-order valence-corrected chi connectivity index (χ2v) is 5.98. The van der Waals surface area contributed by atoms with Crippen LogP contribution in [-0.2, 0) is 35.2 Å². The minimum Gasteiger partial charge on any atom is -0.461 e. The fraction of sp³-hybridized carbons (Fsp3) is 0.471. The van der Waals surface area contributed by atoms with Crippen LogP contribution >= 0.6 is 0 Å². The van der Waals surface area contributed by atoms with E-state index in [9.17, 15) is 14.4 Å². The Labute approximate surface area is 135 Å². The van der Waals surface area contributed by atoms with Crippen LogP contribution < -0.4 is 0 Å². The second kappa shape index (κ2) is 8.31. The summed E-state index contributed by atoms with van der Waals surface area (Å²) in [6, 6.07) is 9.12. The fourth-order valence-electron chi connectivity index (χ4n) is 1.69. The highest BCUT2D eigenvalue weighted by Crippen LogP contribution is 2.13. The van der Waals surface area contributed by atoms with E-state index >= 15 is 0 Å². The molecule has 0 aliphatic carbocycles. The van der Waals surface area contributed by atoms with Crippen molar-refractivity contribution < 1.29 is 28.6 Å². The molecule has 0 heterocycles. The third-order valence-electron chi connectivity index (χ3n) is 2.57. The third kappa shape index (κ3) is 7.99. The number of benzene rings is 1. The molecule has 0 amide bonds. The van der Waals surface area contributed by atoms with E-state index in [2.05, 4.69) is 0 Å². The van der Waals surface area contributed by atoms with Crippen LogP contribution in [-0.4, -0.2) is 29.6 Å². The first kappa shape index (κ1) is 18.7. The van der Waals surface area contributed by atoms with E-state index in [1.54, 1.807) is 20.8 Å². The summed E-state index contributed by atoms with van der Waals surface area (Å²) in [4.78, 5) is 35.0. The van der Waals surface area contributed by atoms with Crippen LogP contribution in [0.5, 0.6) is 0 Å². The van der Waals surface area contributed by atoms with Crippen LogP contribution in [0.15, 0.2) is 30.3 Å². The van der Waals surface area contributed by atoms with Gasteiger partial charge in [0.25, 0.3) is 0 Å². The highest BCUT2D eigenvalue weighted by Gasteiger charge is 2.30. The Bertz CT molecular complexity index is 544.